The number of nitrogens with zero attached hydrogens (tertiary/aromatic N) is 4. The molecule has 9 nitrogen and oxygen atoms in total. The summed E-state index contributed by atoms with van der Waals surface area (Å²) in [5.41, 5.74) is 0.747. The summed E-state index contributed by atoms with van der Waals surface area (Å²) in [4.78, 5) is 15.3. The highest BCUT2D eigenvalue weighted by molar-refractivity contribution is 7.89. The first kappa shape index (κ1) is 27.1. The van der Waals surface area contributed by atoms with Crippen molar-refractivity contribution in [1.29, 1.82) is 0 Å². The molecule has 1 saturated heterocycles. The third-order valence-corrected chi connectivity index (χ3v) is 8.59. The summed E-state index contributed by atoms with van der Waals surface area (Å²) in [6, 6.07) is 11.3. The van der Waals surface area contributed by atoms with Crippen molar-refractivity contribution in [3.63, 3.8) is 0 Å². The van der Waals surface area contributed by atoms with Crippen molar-refractivity contribution in [3.8, 4) is 17.2 Å². The molecule has 0 spiro atoms. The van der Waals surface area contributed by atoms with Gasteiger partial charge in [0, 0.05) is 19.1 Å². The molecule has 0 bridgehead atoms. The number of benzene rings is 2. The van der Waals surface area contributed by atoms with Crippen molar-refractivity contribution in [2.75, 3.05) is 20.2 Å². The number of methoxy groups -OCH3 is 1. The van der Waals surface area contributed by atoms with Crippen molar-refractivity contribution in [1.82, 2.24) is 19.4 Å². The van der Waals surface area contributed by atoms with Crippen LogP contribution in [0.3, 0.4) is 0 Å². The Hall–Kier alpha value is -2.95. The second kappa shape index (κ2) is 11.6. The average Bonchev–Trinajstić information content (AvgIpc) is 3.17. The zero-order chi connectivity index (χ0) is 26.6. The van der Waals surface area contributed by atoms with Gasteiger partial charge in [0.15, 0.2) is 0 Å². The largest absolute Gasteiger partial charge is 0.496 e. The highest BCUT2D eigenvalue weighted by atomic mass is 35.5. The Morgan fingerprint density at radius 3 is 2.46 bits per heavy atom. The topological polar surface area (TPSA) is 106 Å². The van der Waals surface area contributed by atoms with E-state index in [0.717, 1.165) is 25.7 Å². The number of carbonyl (C=O) groups excluding carboxylic acids is 1. The maximum Gasteiger partial charge on any atom is 0.258 e. The molecule has 4 rings (SSSR count). The van der Waals surface area contributed by atoms with Crippen LogP contribution in [0.4, 0.5) is 0 Å². The van der Waals surface area contributed by atoms with E-state index in [-0.39, 0.29) is 40.6 Å². The lowest BCUT2D eigenvalue weighted by molar-refractivity contribution is 0.0668. The van der Waals surface area contributed by atoms with Gasteiger partial charge in [-0.2, -0.15) is 4.31 Å². The molecular formula is C26H31ClN4O5S. The number of hydrogen-bond donors (Lipinski definition) is 0. The van der Waals surface area contributed by atoms with Gasteiger partial charge in [-0.15, -0.1) is 10.2 Å². The third-order valence-electron chi connectivity index (χ3n) is 6.37. The van der Waals surface area contributed by atoms with Crippen molar-refractivity contribution < 1.29 is 22.4 Å². The summed E-state index contributed by atoms with van der Waals surface area (Å²) in [5.74, 6) is 0.356. The number of rotatable bonds is 8. The van der Waals surface area contributed by atoms with Gasteiger partial charge in [-0.1, -0.05) is 36.6 Å². The second-order valence-electron chi connectivity index (χ2n) is 9.19. The minimum absolute atomic E-state index is 0.0280. The highest BCUT2D eigenvalue weighted by Crippen LogP contribution is 2.29. The molecule has 0 N–H and O–H groups in total. The van der Waals surface area contributed by atoms with Gasteiger partial charge in [0.05, 0.1) is 34.7 Å². The molecule has 11 heteroatoms. The standard InChI is InChI=1S/C26H31ClN4O5S/c1-18(2)31(17-24-28-29-25(36-24)20-10-6-7-11-22(20)27)26(32)21-16-19(12-13-23(21)35-3)37(33,34)30-14-8-4-5-9-15-30/h6-7,10-13,16,18H,4-5,8-9,14-15,17H2,1-3H3. The Morgan fingerprint density at radius 2 is 1.81 bits per heavy atom. The molecular weight excluding hydrogens is 516 g/mol. The fourth-order valence-electron chi connectivity index (χ4n) is 4.30. The molecule has 0 atom stereocenters. The van der Waals surface area contributed by atoms with Gasteiger partial charge in [-0.25, -0.2) is 8.42 Å². The Labute approximate surface area is 222 Å². The molecule has 2 aromatic carbocycles. The molecule has 3 aromatic rings. The SMILES string of the molecule is COc1ccc(S(=O)(=O)N2CCCCCC2)cc1C(=O)N(Cc1nnc(-c2ccccc2Cl)o1)C(C)C. The van der Waals surface area contributed by atoms with Gasteiger partial charge in [-0.05, 0) is 57.0 Å². The molecule has 0 unspecified atom stereocenters. The summed E-state index contributed by atoms with van der Waals surface area (Å²) in [7, 11) is -2.30. The number of aromatic nitrogens is 2. The maximum absolute atomic E-state index is 13.7. The summed E-state index contributed by atoms with van der Waals surface area (Å²) in [6.07, 6.45) is 3.66. The van der Waals surface area contributed by atoms with Gasteiger partial charge in [0.25, 0.3) is 5.91 Å². The van der Waals surface area contributed by atoms with E-state index in [1.807, 2.05) is 19.9 Å². The van der Waals surface area contributed by atoms with Crippen LogP contribution in [0.5, 0.6) is 5.75 Å². The zero-order valence-corrected chi connectivity index (χ0v) is 22.8. The predicted molar refractivity (Wildman–Crippen MR) is 140 cm³/mol. The first-order chi connectivity index (χ1) is 17.7. The van der Waals surface area contributed by atoms with Crippen molar-refractivity contribution in [3.05, 3.63) is 58.9 Å². The number of amides is 1. The molecule has 1 amide bonds. The Kier molecular flexibility index (Phi) is 8.51. The van der Waals surface area contributed by atoms with E-state index in [4.69, 9.17) is 20.8 Å². The van der Waals surface area contributed by atoms with Gasteiger partial charge in [0.2, 0.25) is 21.8 Å². The molecule has 1 aromatic heterocycles. The fourth-order valence-corrected chi connectivity index (χ4v) is 6.06. The van der Waals surface area contributed by atoms with Crippen LogP contribution in [0.25, 0.3) is 11.5 Å². The predicted octanol–water partition coefficient (Wildman–Crippen LogP) is 5.01. The lowest BCUT2D eigenvalue weighted by Gasteiger charge is -2.26. The minimum Gasteiger partial charge on any atom is -0.496 e. The van der Waals surface area contributed by atoms with E-state index < -0.39 is 15.9 Å². The fraction of sp³-hybridized carbons (Fsp3) is 0.423. The van der Waals surface area contributed by atoms with Gasteiger partial charge in [-0.3, -0.25) is 4.79 Å². The van der Waals surface area contributed by atoms with Crippen LogP contribution in [-0.2, 0) is 16.6 Å². The van der Waals surface area contributed by atoms with Crippen LogP contribution >= 0.6 is 11.6 Å². The summed E-state index contributed by atoms with van der Waals surface area (Å²) in [6.45, 7) is 4.68. The van der Waals surface area contributed by atoms with Crippen LogP contribution in [0.2, 0.25) is 5.02 Å². The van der Waals surface area contributed by atoms with E-state index in [1.165, 1.54) is 34.5 Å². The number of hydrogen-bond acceptors (Lipinski definition) is 7. The van der Waals surface area contributed by atoms with Gasteiger partial charge < -0.3 is 14.1 Å². The van der Waals surface area contributed by atoms with E-state index in [0.29, 0.717) is 23.7 Å². The van der Waals surface area contributed by atoms with E-state index in [2.05, 4.69) is 10.2 Å². The Bertz CT molecular complexity index is 1350. The molecule has 198 valence electrons. The van der Waals surface area contributed by atoms with Gasteiger partial charge in [0.1, 0.15) is 5.75 Å². The van der Waals surface area contributed by atoms with Crippen LogP contribution in [-0.4, -0.2) is 60.0 Å². The number of sulfonamides is 1. The Morgan fingerprint density at radius 1 is 1.11 bits per heavy atom. The molecule has 1 aliphatic heterocycles. The summed E-state index contributed by atoms with van der Waals surface area (Å²) < 4.78 is 39.5. The van der Waals surface area contributed by atoms with Crippen molar-refractivity contribution in [2.24, 2.45) is 0 Å². The zero-order valence-electron chi connectivity index (χ0n) is 21.2. The monoisotopic (exact) mass is 546 g/mol. The average molecular weight is 547 g/mol. The minimum atomic E-state index is -3.75. The van der Waals surface area contributed by atoms with Crippen LogP contribution in [0.1, 0.15) is 55.8 Å². The van der Waals surface area contributed by atoms with E-state index >= 15 is 0 Å². The molecule has 2 heterocycles. The van der Waals surface area contributed by atoms with E-state index in [9.17, 15) is 13.2 Å². The van der Waals surface area contributed by atoms with Gasteiger partial charge >= 0.3 is 0 Å². The smallest absolute Gasteiger partial charge is 0.258 e. The molecule has 1 fully saturated rings. The molecule has 0 saturated carbocycles. The lowest BCUT2D eigenvalue weighted by Crippen LogP contribution is -2.37. The maximum atomic E-state index is 13.7. The van der Waals surface area contributed by atoms with E-state index in [1.54, 1.807) is 18.2 Å². The third kappa shape index (κ3) is 5.97. The first-order valence-electron chi connectivity index (χ1n) is 12.3. The molecule has 0 radical (unpaired) electrons. The lowest BCUT2D eigenvalue weighted by atomic mass is 10.1. The molecule has 0 aliphatic carbocycles. The normalized spacial score (nSPS) is 14.9. The van der Waals surface area contributed by atoms with Crippen LogP contribution in [0.15, 0.2) is 51.8 Å². The van der Waals surface area contributed by atoms with Crippen molar-refractivity contribution >= 4 is 27.5 Å². The second-order valence-corrected chi connectivity index (χ2v) is 11.5. The Balaban J connectivity index is 1.63. The number of ether oxygens (including phenoxy) is 1. The van der Waals surface area contributed by atoms with Crippen LogP contribution < -0.4 is 4.74 Å². The molecule has 37 heavy (non-hydrogen) atoms. The quantitative estimate of drug-likeness (QED) is 0.391. The summed E-state index contributed by atoms with van der Waals surface area (Å²) >= 11 is 6.25. The first-order valence-corrected chi connectivity index (χ1v) is 14.1. The molecule has 1 aliphatic rings. The number of halogens is 1. The van der Waals surface area contributed by atoms with Crippen LogP contribution in [0, 0.1) is 0 Å². The highest BCUT2D eigenvalue weighted by Gasteiger charge is 2.30. The van der Waals surface area contributed by atoms with Crippen molar-refractivity contribution in [2.45, 2.75) is 57.0 Å². The number of carbonyl (C=O) groups is 1. The summed E-state index contributed by atoms with van der Waals surface area (Å²) in [5, 5.41) is 8.65.